The fourth-order valence-corrected chi connectivity index (χ4v) is 2.97. The van der Waals surface area contributed by atoms with Gasteiger partial charge in [0.1, 0.15) is 6.04 Å². The maximum atomic E-state index is 12.4. The van der Waals surface area contributed by atoms with Crippen molar-refractivity contribution < 1.29 is 14.3 Å². The van der Waals surface area contributed by atoms with Crippen LogP contribution in [0, 0.1) is 12.8 Å². The molecule has 1 aromatic carbocycles. The zero-order valence-corrected chi connectivity index (χ0v) is 12.9. The van der Waals surface area contributed by atoms with Gasteiger partial charge in [-0.25, -0.2) is 0 Å². The normalized spacial score (nSPS) is 24.8. The summed E-state index contributed by atoms with van der Waals surface area (Å²) in [5.74, 6) is -0.125. The summed E-state index contributed by atoms with van der Waals surface area (Å²) in [5, 5.41) is 2.89. The molecule has 2 amide bonds. The van der Waals surface area contributed by atoms with Crippen LogP contribution in [0.3, 0.4) is 0 Å². The van der Waals surface area contributed by atoms with E-state index in [0.717, 1.165) is 12.0 Å². The van der Waals surface area contributed by atoms with Crippen LogP contribution in [0.2, 0.25) is 0 Å². The highest BCUT2D eigenvalue weighted by molar-refractivity contribution is 5.90. The molecular formula is C17H22N2O3. The summed E-state index contributed by atoms with van der Waals surface area (Å²) in [5.41, 5.74) is 2.33. The van der Waals surface area contributed by atoms with E-state index in [0.29, 0.717) is 32.7 Å². The number of nitrogens with one attached hydrogen (secondary N) is 1. The minimum atomic E-state index is -0.376. The molecule has 22 heavy (non-hydrogen) atoms. The molecule has 3 rings (SSSR count). The van der Waals surface area contributed by atoms with Crippen LogP contribution >= 0.6 is 0 Å². The van der Waals surface area contributed by atoms with E-state index in [-0.39, 0.29) is 23.8 Å². The lowest BCUT2D eigenvalue weighted by Gasteiger charge is -2.18. The molecule has 2 atom stereocenters. The van der Waals surface area contributed by atoms with Gasteiger partial charge in [-0.3, -0.25) is 9.59 Å². The van der Waals surface area contributed by atoms with Crippen molar-refractivity contribution >= 4 is 11.8 Å². The van der Waals surface area contributed by atoms with Gasteiger partial charge in [-0.05, 0) is 25.3 Å². The van der Waals surface area contributed by atoms with Crippen molar-refractivity contribution in [3.8, 4) is 0 Å². The van der Waals surface area contributed by atoms with Gasteiger partial charge in [0.05, 0.1) is 12.5 Å². The predicted octanol–water partition coefficient (Wildman–Crippen LogP) is 1.25. The second kappa shape index (κ2) is 6.48. The zero-order valence-electron chi connectivity index (χ0n) is 12.9. The van der Waals surface area contributed by atoms with Gasteiger partial charge >= 0.3 is 0 Å². The van der Waals surface area contributed by atoms with Gasteiger partial charge in [0.2, 0.25) is 11.8 Å². The SMILES string of the molecule is Cc1ccc(CN2CCC(NC(=O)C3CCOC3)C2=O)cc1. The van der Waals surface area contributed by atoms with Crippen LogP contribution in [-0.2, 0) is 20.9 Å². The first-order chi connectivity index (χ1) is 10.6. The third-order valence-electron chi connectivity index (χ3n) is 4.41. The molecule has 0 aliphatic carbocycles. The average molecular weight is 302 g/mol. The van der Waals surface area contributed by atoms with E-state index in [1.807, 2.05) is 24.0 Å². The van der Waals surface area contributed by atoms with Crippen LogP contribution in [0.4, 0.5) is 0 Å². The Morgan fingerprint density at radius 3 is 2.77 bits per heavy atom. The van der Waals surface area contributed by atoms with Crippen LogP contribution in [0.5, 0.6) is 0 Å². The summed E-state index contributed by atoms with van der Waals surface area (Å²) < 4.78 is 5.22. The molecule has 118 valence electrons. The Morgan fingerprint density at radius 1 is 1.32 bits per heavy atom. The van der Waals surface area contributed by atoms with Gasteiger partial charge < -0.3 is 15.0 Å². The molecule has 1 aromatic rings. The van der Waals surface area contributed by atoms with E-state index >= 15 is 0 Å². The predicted molar refractivity (Wildman–Crippen MR) is 82.1 cm³/mol. The first-order valence-electron chi connectivity index (χ1n) is 7.86. The number of benzene rings is 1. The highest BCUT2D eigenvalue weighted by Crippen LogP contribution is 2.18. The molecular weight excluding hydrogens is 280 g/mol. The quantitative estimate of drug-likeness (QED) is 0.910. The first kappa shape index (κ1) is 15.0. The minimum Gasteiger partial charge on any atom is -0.381 e. The number of aryl methyl sites for hydroxylation is 1. The molecule has 2 unspecified atom stereocenters. The second-order valence-electron chi connectivity index (χ2n) is 6.16. The topological polar surface area (TPSA) is 58.6 Å². The summed E-state index contributed by atoms with van der Waals surface area (Å²) in [6.07, 6.45) is 1.43. The summed E-state index contributed by atoms with van der Waals surface area (Å²) >= 11 is 0. The first-order valence-corrected chi connectivity index (χ1v) is 7.86. The number of amides is 2. The number of rotatable bonds is 4. The summed E-state index contributed by atoms with van der Waals surface area (Å²) in [6, 6.07) is 7.82. The van der Waals surface area contributed by atoms with Gasteiger partial charge in [0, 0.05) is 19.7 Å². The van der Waals surface area contributed by atoms with Crippen LogP contribution in [-0.4, -0.2) is 42.5 Å². The molecule has 5 heteroatoms. The van der Waals surface area contributed by atoms with Crippen molar-refractivity contribution in [2.45, 2.75) is 32.4 Å². The maximum absolute atomic E-state index is 12.4. The second-order valence-corrected chi connectivity index (χ2v) is 6.16. The molecule has 2 aliphatic rings. The monoisotopic (exact) mass is 302 g/mol. The Hall–Kier alpha value is -1.88. The number of carbonyl (C=O) groups excluding carboxylic acids is 2. The van der Waals surface area contributed by atoms with Crippen LogP contribution in [0.1, 0.15) is 24.0 Å². The van der Waals surface area contributed by atoms with Crippen molar-refractivity contribution in [1.82, 2.24) is 10.2 Å². The minimum absolute atomic E-state index is 0.0211. The average Bonchev–Trinajstić information content (AvgIpc) is 3.15. The van der Waals surface area contributed by atoms with E-state index in [2.05, 4.69) is 17.4 Å². The largest absolute Gasteiger partial charge is 0.381 e. The number of ether oxygens (including phenoxy) is 1. The fourth-order valence-electron chi connectivity index (χ4n) is 2.97. The van der Waals surface area contributed by atoms with Gasteiger partial charge in [0.25, 0.3) is 0 Å². The number of nitrogens with zero attached hydrogens (tertiary/aromatic N) is 1. The fraction of sp³-hybridized carbons (Fsp3) is 0.529. The molecule has 0 aromatic heterocycles. The Bertz CT molecular complexity index is 550. The number of likely N-dealkylation sites (tertiary alicyclic amines) is 1. The lowest BCUT2D eigenvalue weighted by Crippen LogP contribution is -2.44. The Balaban J connectivity index is 1.55. The molecule has 5 nitrogen and oxygen atoms in total. The molecule has 1 N–H and O–H groups in total. The summed E-state index contributed by atoms with van der Waals surface area (Å²) in [6.45, 7) is 4.45. The van der Waals surface area contributed by atoms with Gasteiger partial charge in [-0.1, -0.05) is 29.8 Å². The van der Waals surface area contributed by atoms with E-state index in [9.17, 15) is 9.59 Å². The number of hydrogen-bond acceptors (Lipinski definition) is 3. The molecule has 0 saturated carbocycles. The maximum Gasteiger partial charge on any atom is 0.245 e. The van der Waals surface area contributed by atoms with Gasteiger partial charge in [-0.15, -0.1) is 0 Å². The molecule has 2 heterocycles. The Labute approximate surface area is 130 Å². The third-order valence-corrected chi connectivity index (χ3v) is 4.41. The third kappa shape index (κ3) is 3.30. The molecule has 0 bridgehead atoms. The molecule has 2 aliphatic heterocycles. The van der Waals surface area contributed by atoms with Crippen molar-refractivity contribution in [3.63, 3.8) is 0 Å². The molecule has 0 spiro atoms. The lowest BCUT2D eigenvalue weighted by molar-refractivity contribution is -0.134. The number of carbonyl (C=O) groups is 2. The van der Waals surface area contributed by atoms with Gasteiger partial charge in [-0.2, -0.15) is 0 Å². The zero-order chi connectivity index (χ0) is 15.5. The van der Waals surface area contributed by atoms with Crippen LogP contribution in [0.25, 0.3) is 0 Å². The smallest absolute Gasteiger partial charge is 0.245 e. The molecule has 0 radical (unpaired) electrons. The molecule has 2 fully saturated rings. The van der Waals surface area contributed by atoms with Crippen LogP contribution < -0.4 is 5.32 Å². The van der Waals surface area contributed by atoms with E-state index in [1.165, 1.54) is 5.56 Å². The summed E-state index contributed by atoms with van der Waals surface area (Å²) in [4.78, 5) is 26.3. The standard InChI is InChI=1S/C17H22N2O3/c1-12-2-4-13(5-3-12)10-19-8-6-15(17(19)21)18-16(20)14-7-9-22-11-14/h2-5,14-15H,6-11H2,1H3,(H,18,20). The van der Waals surface area contributed by atoms with Crippen molar-refractivity contribution in [2.24, 2.45) is 5.92 Å². The van der Waals surface area contributed by atoms with Crippen molar-refractivity contribution in [3.05, 3.63) is 35.4 Å². The van der Waals surface area contributed by atoms with Crippen molar-refractivity contribution in [2.75, 3.05) is 19.8 Å². The number of hydrogen-bond donors (Lipinski definition) is 1. The van der Waals surface area contributed by atoms with E-state index in [1.54, 1.807) is 0 Å². The van der Waals surface area contributed by atoms with Crippen molar-refractivity contribution in [1.29, 1.82) is 0 Å². The lowest BCUT2D eigenvalue weighted by atomic mass is 10.1. The van der Waals surface area contributed by atoms with Gasteiger partial charge in [0.15, 0.2) is 0 Å². The highest BCUT2D eigenvalue weighted by atomic mass is 16.5. The van der Waals surface area contributed by atoms with Crippen LogP contribution in [0.15, 0.2) is 24.3 Å². The summed E-state index contributed by atoms with van der Waals surface area (Å²) in [7, 11) is 0. The van der Waals surface area contributed by atoms with E-state index < -0.39 is 0 Å². The Kier molecular flexibility index (Phi) is 4.43. The Morgan fingerprint density at radius 2 is 2.09 bits per heavy atom. The molecule has 2 saturated heterocycles. The highest BCUT2D eigenvalue weighted by Gasteiger charge is 2.34. The van der Waals surface area contributed by atoms with E-state index in [4.69, 9.17) is 4.74 Å².